The van der Waals surface area contributed by atoms with Crippen LogP contribution in [0.3, 0.4) is 0 Å². The summed E-state index contributed by atoms with van der Waals surface area (Å²) < 4.78 is 5.26. The first kappa shape index (κ1) is 13.4. The molecular weight excluding hydrogens is 224 g/mol. The predicted molar refractivity (Wildman–Crippen MR) is 75.2 cm³/mol. The van der Waals surface area contributed by atoms with Crippen LogP contribution < -0.4 is 10.1 Å². The molecule has 3 heteroatoms. The van der Waals surface area contributed by atoms with Gasteiger partial charge in [-0.05, 0) is 50.6 Å². The van der Waals surface area contributed by atoms with Crippen LogP contribution in [0.5, 0.6) is 5.75 Å². The quantitative estimate of drug-likeness (QED) is 0.881. The first-order chi connectivity index (χ1) is 8.79. The Morgan fingerprint density at radius 1 is 1.44 bits per heavy atom. The summed E-state index contributed by atoms with van der Waals surface area (Å²) in [6.45, 7) is 6.91. The van der Waals surface area contributed by atoms with Crippen molar-refractivity contribution < 1.29 is 4.74 Å². The molecule has 0 bridgehead atoms. The first-order valence-corrected chi connectivity index (χ1v) is 6.87. The van der Waals surface area contributed by atoms with Crippen molar-refractivity contribution in [1.29, 1.82) is 0 Å². The summed E-state index contributed by atoms with van der Waals surface area (Å²) in [5, 5.41) is 3.48. The minimum absolute atomic E-state index is 0.637. The molecule has 0 spiro atoms. The zero-order valence-electron chi connectivity index (χ0n) is 11.5. The zero-order valence-corrected chi connectivity index (χ0v) is 11.5. The Kier molecular flexibility index (Phi) is 5.02. The smallest absolute Gasteiger partial charge is 0.119 e. The Hall–Kier alpha value is -1.06. The van der Waals surface area contributed by atoms with E-state index < -0.39 is 0 Å². The summed E-state index contributed by atoms with van der Waals surface area (Å²) in [6.07, 6.45) is 2.35. The van der Waals surface area contributed by atoms with Gasteiger partial charge in [0.25, 0.3) is 0 Å². The molecule has 0 aliphatic carbocycles. The molecule has 0 radical (unpaired) electrons. The lowest BCUT2D eigenvalue weighted by molar-refractivity contribution is 0.225. The molecular formula is C15H24N2O. The van der Waals surface area contributed by atoms with E-state index in [-0.39, 0.29) is 0 Å². The fourth-order valence-corrected chi connectivity index (χ4v) is 2.50. The van der Waals surface area contributed by atoms with Gasteiger partial charge in [0.15, 0.2) is 0 Å². The van der Waals surface area contributed by atoms with Gasteiger partial charge in [-0.2, -0.15) is 0 Å². The predicted octanol–water partition coefficient (Wildman–Crippen LogP) is 1.92. The van der Waals surface area contributed by atoms with Crippen LogP contribution in [0.1, 0.15) is 18.9 Å². The highest BCUT2D eigenvalue weighted by Gasteiger charge is 2.15. The number of rotatable bonds is 4. The number of benzene rings is 1. The first-order valence-electron chi connectivity index (χ1n) is 6.87. The van der Waals surface area contributed by atoms with E-state index in [0.29, 0.717) is 6.04 Å². The van der Waals surface area contributed by atoms with Gasteiger partial charge in [-0.25, -0.2) is 0 Å². The van der Waals surface area contributed by atoms with Crippen molar-refractivity contribution in [2.75, 3.05) is 33.3 Å². The molecule has 1 unspecified atom stereocenters. The van der Waals surface area contributed by atoms with Crippen molar-refractivity contribution in [3.8, 4) is 5.75 Å². The maximum absolute atomic E-state index is 5.26. The van der Waals surface area contributed by atoms with Crippen molar-refractivity contribution in [2.24, 2.45) is 0 Å². The maximum atomic E-state index is 5.26. The van der Waals surface area contributed by atoms with E-state index in [4.69, 9.17) is 4.74 Å². The summed E-state index contributed by atoms with van der Waals surface area (Å²) in [5.41, 5.74) is 1.36. The SMILES string of the molecule is COc1cccc(CCN2CCCNCC2C)c1. The number of methoxy groups -OCH3 is 1. The van der Waals surface area contributed by atoms with Gasteiger partial charge in [-0.15, -0.1) is 0 Å². The van der Waals surface area contributed by atoms with Crippen molar-refractivity contribution >= 4 is 0 Å². The van der Waals surface area contributed by atoms with Crippen LogP contribution in [0.2, 0.25) is 0 Å². The highest BCUT2D eigenvalue weighted by molar-refractivity contribution is 5.28. The molecule has 1 saturated heterocycles. The average molecular weight is 248 g/mol. The van der Waals surface area contributed by atoms with Crippen molar-refractivity contribution in [2.45, 2.75) is 25.8 Å². The molecule has 1 aliphatic rings. The summed E-state index contributed by atoms with van der Waals surface area (Å²) in [7, 11) is 1.72. The fourth-order valence-electron chi connectivity index (χ4n) is 2.50. The molecule has 3 nitrogen and oxygen atoms in total. The number of hydrogen-bond donors (Lipinski definition) is 1. The van der Waals surface area contributed by atoms with E-state index >= 15 is 0 Å². The molecule has 1 N–H and O–H groups in total. The Labute approximate surface area is 110 Å². The van der Waals surface area contributed by atoms with E-state index in [1.165, 1.54) is 18.5 Å². The fraction of sp³-hybridized carbons (Fsp3) is 0.600. The molecule has 1 heterocycles. The Bertz CT molecular complexity index is 367. The van der Waals surface area contributed by atoms with Gasteiger partial charge in [0.1, 0.15) is 5.75 Å². The van der Waals surface area contributed by atoms with Crippen LogP contribution >= 0.6 is 0 Å². The van der Waals surface area contributed by atoms with Crippen LogP contribution in [-0.2, 0) is 6.42 Å². The standard InChI is InChI=1S/C15H24N2O/c1-13-12-16-8-4-9-17(13)10-7-14-5-3-6-15(11-14)18-2/h3,5-6,11,13,16H,4,7-10,12H2,1-2H3. The normalized spacial score (nSPS) is 21.6. The third kappa shape index (κ3) is 3.72. The number of ether oxygens (including phenoxy) is 1. The summed E-state index contributed by atoms with van der Waals surface area (Å²) in [6, 6.07) is 9.03. The lowest BCUT2D eigenvalue weighted by atomic mass is 10.1. The second-order valence-electron chi connectivity index (χ2n) is 5.04. The van der Waals surface area contributed by atoms with Crippen LogP contribution in [0.15, 0.2) is 24.3 Å². The van der Waals surface area contributed by atoms with Gasteiger partial charge in [0.05, 0.1) is 7.11 Å². The lowest BCUT2D eigenvalue weighted by Crippen LogP contribution is -2.38. The summed E-state index contributed by atoms with van der Waals surface area (Å²) >= 11 is 0. The van der Waals surface area contributed by atoms with Crippen molar-refractivity contribution in [3.63, 3.8) is 0 Å². The number of nitrogens with zero attached hydrogens (tertiary/aromatic N) is 1. The van der Waals surface area contributed by atoms with E-state index in [1.807, 2.05) is 6.07 Å². The third-order valence-electron chi connectivity index (χ3n) is 3.68. The molecule has 1 fully saturated rings. The monoisotopic (exact) mass is 248 g/mol. The molecule has 0 amide bonds. The highest BCUT2D eigenvalue weighted by Crippen LogP contribution is 2.14. The second-order valence-corrected chi connectivity index (χ2v) is 5.04. The third-order valence-corrected chi connectivity index (χ3v) is 3.68. The second kappa shape index (κ2) is 6.76. The molecule has 2 rings (SSSR count). The lowest BCUT2D eigenvalue weighted by Gasteiger charge is -2.26. The Morgan fingerprint density at radius 3 is 3.17 bits per heavy atom. The zero-order chi connectivity index (χ0) is 12.8. The molecule has 1 aliphatic heterocycles. The number of nitrogens with one attached hydrogen (secondary N) is 1. The molecule has 18 heavy (non-hydrogen) atoms. The molecule has 100 valence electrons. The van der Waals surface area contributed by atoms with E-state index in [0.717, 1.165) is 31.8 Å². The summed E-state index contributed by atoms with van der Waals surface area (Å²) in [4.78, 5) is 2.58. The average Bonchev–Trinajstić information content (AvgIpc) is 2.61. The minimum Gasteiger partial charge on any atom is -0.497 e. The van der Waals surface area contributed by atoms with Crippen LogP contribution in [0.4, 0.5) is 0 Å². The van der Waals surface area contributed by atoms with Crippen LogP contribution in [0.25, 0.3) is 0 Å². The van der Waals surface area contributed by atoms with Gasteiger partial charge in [0, 0.05) is 19.1 Å². The minimum atomic E-state index is 0.637. The van der Waals surface area contributed by atoms with Gasteiger partial charge in [0.2, 0.25) is 0 Å². The van der Waals surface area contributed by atoms with Crippen LogP contribution in [0, 0.1) is 0 Å². The maximum Gasteiger partial charge on any atom is 0.119 e. The Morgan fingerprint density at radius 2 is 2.33 bits per heavy atom. The van der Waals surface area contributed by atoms with Crippen molar-refractivity contribution in [1.82, 2.24) is 10.2 Å². The molecule has 1 atom stereocenters. The number of hydrogen-bond acceptors (Lipinski definition) is 3. The van der Waals surface area contributed by atoms with Crippen molar-refractivity contribution in [3.05, 3.63) is 29.8 Å². The van der Waals surface area contributed by atoms with Gasteiger partial charge in [-0.3, -0.25) is 4.90 Å². The molecule has 1 aromatic rings. The molecule has 1 aromatic carbocycles. The van der Waals surface area contributed by atoms with E-state index in [9.17, 15) is 0 Å². The van der Waals surface area contributed by atoms with Gasteiger partial charge >= 0.3 is 0 Å². The largest absolute Gasteiger partial charge is 0.497 e. The van der Waals surface area contributed by atoms with E-state index in [1.54, 1.807) is 7.11 Å². The van der Waals surface area contributed by atoms with Gasteiger partial charge in [-0.1, -0.05) is 12.1 Å². The van der Waals surface area contributed by atoms with Crippen LogP contribution in [-0.4, -0.2) is 44.2 Å². The molecule has 0 saturated carbocycles. The van der Waals surface area contributed by atoms with Gasteiger partial charge < -0.3 is 10.1 Å². The highest BCUT2D eigenvalue weighted by atomic mass is 16.5. The Balaban J connectivity index is 1.89. The van der Waals surface area contributed by atoms with E-state index in [2.05, 4.69) is 35.3 Å². The summed E-state index contributed by atoms with van der Waals surface area (Å²) in [5.74, 6) is 0.957. The topological polar surface area (TPSA) is 24.5 Å². The molecule has 0 aromatic heterocycles.